The summed E-state index contributed by atoms with van der Waals surface area (Å²) in [5.74, 6) is 2.41. The molecule has 4 N–H and O–H groups in total. The van der Waals surface area contributed by atoms with E-state index in [0.29, 0.717) is 29.0 Å². The molecule has 3 aromatic heterocycles. The van der Waals surface area contributed by atoms with E-state index in [9.17, 15) is 0 Å². The summed E-state index contributed by atoms with van der Waals surface area (Å²) in [4.78, 5) is 16.9. The van der Waals surface area contributed by atoms with E-state index in [1.165, 1.54) is 6.33 Å². The molecule has 0 fully saturated rings. The Morgan fingerprint density at radius 3 is 1.65 bits per heavy atom. The van der Waals surface area contributed by atoms with Crippen LogP contribution in [-0.2, 0) is 0 Å². The highest BCUT2D eigenvalue weighted by atomic mass is 15.1. The van der Waals surface area contributed by atoms with Crippen LogP contribution in [0.3, 0.4) is 0 Å². The van der Waals surface area contributed by atoms with Gasteiger partial charge in [0.15, 0.2) is 11.6 Å². The summed E-state index contributed by atoms with van der Waals surface area (Å²) in [5, 5.41) is 6.27. The summed E-state index contributed by atoms with van der Waals surface area (Å²) in [7, 11) is 0. The molecule has 0 spiro atoms. The topological polar surface area (TPSA) is 102 Å². The van der Waals surface area contributed by atoms with Crippen molar-refractivity contribution in [3.8, 4) is 0 Å². The van der Waals surface area contributed by atoms with Crippen molar-refractivity contribution in [2.24, 2.45) is 0 Å². The van der Waals surface area contributed by atoms with E-state index in [1.807, 2.05) is 38.1 Å². The van der Waals surface area contributed by atoms with Crippen molar-refractivity contribution in [3.05, 3.63) is 54.1 Å². The maximum Gasteiger partial charge on any atom is 0.160 e. The first kappa shape index (κ1) is 14.7. The van der Waals surface area contributed by atoms with Gasteiger partial charge in [-0.2, -0.15) is 0 Å². The maximum atomic E-state index is 6.17. The fraction of sp³-hybridized carbons (Fsp3) is 0.125. The van der Waals surface area contributed by atoms with Crippen molar-refractivity contribution >= 4 is 29.0 Å². The molecular weight excluding hydrogens is 290 g/mol. The van der Waals surface area contributed by atoms with Crippen molar-refractivity contribution in [2.45, 2.75) is 13.8 Å². The van der Waals surface area contributed by atoms with Crippen molar-refractivity contribution in [2.75, 3.05) is 16.4 Å². The smallest absolute Gasteiger partial charge is 0.160 e. The van der Waals surface area contributed by atoms with Gasteiger partial charge in [-0.1, -0.05) is 12.1 Å². The molecule has 0 bridgehead atoms. The number of nitrogens with zero attached hydrogens (tertiary/aromatic N) is 4. The molecule has 3 heterocycles. The third-order valence-corrected chi connectivity index (χ3v) is 3.38. The van der Waals surface area contributed by atoms with Crippen molar-refractivity contribution in [1.29, 1.82) is 0 Å². The van der Waals surface area contributed by atoms with Gasteiger partial charge in [-0.3, -0.25) is 0 Å². The Morgan fingerprint density at radius 1 is 0.739 bits per heavy atom. The van der Waals surface area contributed by atoms with Gasteiger partial charge in [0.2, 0.25) is 0 Å². The molecule has 0 aromatic carbocycles. The number of anilines is 5. The lowest BCUT2D eigenvalue weighted by molar-refractivity contribution is 1.14. The second kappa shape index (κ2) is 6.27. The molecule has 0 amide bonds. The van der Waals surface area contributed by atoms with E-state index >= 15 is 0 Å². The first-order valence-electron chi connectivity index (χ1n) is 7.13. The number of hydrogen-bond donors (Lipinski definition) is 3. The summed E-state index contributed by atoms with van der Waals surface area (Å²) in [5.41, 5.74) is 8.58. The molecule has 3 aromatic rings. The number of aryl methyl sites for hydroxylation is 2. The first-order chi connectivity index (χ1) is 11.1. The monoisotopic (exact) mass is 307 g/mol. The highest BCUT2D eigenvalue weighted by Gasteiger charge is 2.11. The Balaban J connectivity index is 1.90. The molecule has 3 rings (SSSR count). The minimum Gasteiger partial charge on any atom is -0.393 e. The van der Waals surface area contributed by atoms with Crippen LogP contribution in [0.15, 0.2) is 43.0 Å². The zero-order valence-electron chi connectivity index (χ0n) is 12.9. The molecule has 116 valence electrons. The van der Waals surface area contributed by atoms with E-state index in [-0.39, 0.29) is 0 Å². The Hall–Kier alpha value is -3.22. The third-order valence-electron chi connectivity index (χ3n) is 3.38. The van der Waals surface area contributed by atoms with Crippen molar-refractivity contribution < 1.29 is 0 Å². The number of pyridine rings is 2. The van der Waals surface area contributed by atoms with Crippen molar-refractivity contribution in [3.63, 3.8) is 0 Å². The lowest BCUT2D eigenvalue weighted by atomic mass is 10.3. The highest BCUT2D eigenvalue weighted by molar-refractivity contribution is 5.79. The Morgan fingerprint density at radius 2 is 1.22 bits per heavy atom. The maximum absolute atomic E-state index is 6.17. The van der Waals surface area contributed by atoms with E-state index in [1.54, 1.807) is 12.4 Å². The summed E-state index contributed by atoms with van der Waals surface area (Å²) < 4.78 is 0. The molecule has 0 saturated carbocycles. The molecule has 23 heavy (non-hydrogen) atoms. The van der Waals surface area contributed by atoms with Crippen LogP contribution in [0.1, 0.15) is 11.1 Å². The van der Waals surface area contributed by atoms with E-state index < -0.39 is 0 Å². The summed E-state index contributed by atoms with van der Waals surface area (Å²) >= 11 is 0. The van der Waals surface area contributed by atoms with Gasteiger partial charge in [-0.25, -0.2) is 19.9 Å². The van der Waals surface area contributed by atoms with Gasteiger partial charge in [0, 0.05) is 12.4 Å². The SMILES string of the molecule is Cc1cccnc1Nc1ncnc(Nc2ncccc2C)c1N. The number of aromatic nitrogens is 4. The lowest BCUT2D eigenvalue weighted by Crippen LogP contribution is -2.07. The first-order valence-corrected chi connectivity index (χ1v) is 7.13. The zero-order valence-corrected chi connectivity index (χ0v) is 12.9. The molecule has 7 heteroatoms. The zero-order chi connectivity index (χ0) is 16.2. The molecule has 0 saturated heterocycles. The molecule has 7 nitrogen and oxygen atoms in total. The third kappa shape index (κ3) is 3.18. The number of hydrogen-bond acceptors (Lipinski definition) is 7. The average Bonchev–Trinajstić information content (AvgIpc) is 2.55. The number of nitrogens with one attached hydrogen (secondary N) is 2. The van der Waals surface area contributed by atoms with Gasteiger partial charge in [0.1, 0.15) is 23.7 Å². The van der Waals surface area contributed by atoms with Crippen LogP contribution >= 0.6 is 0 Å². The number of nitrogen functional groups attached to an aromatic ring is 1. The molecule has 0 aliphatic heterocycles. The minimum atomic E-state index is 0.405. The van der Waals surface area contributed by atoms with Crippen LogP contribution in [0.4, 0.5) is 29.0 Å². The quantitative estimate of drug-likeness (QED) is 0.681. The molecule has 0 aliphatic carbocycles. The van der Waals surface area contributed by atoms with E-state index in [0.717, 1.165) is 11.1 Å². The highest BCUT2D eigenvalue weighted by Crippen LogP contribution is 2.28. The van der Waals surface area contributed by atoms with Crippen LogP contribution in [0.5, 0.6) is 0 Å². The van der Waals surface area contributed by atoms with Crippen LogP contribution in [-0.4, -0.2) is 19.9 Å². The fourth-order valence-corrected chi connectivity index (χ4v) is 2.05. The molecular formula is C16H17N7. The second-order valence-corrected chi connectivity index (χ2v) is 5.07. The molecule has 0 atom stereocenters. The fourth-order valence-electron chi connectivity index (χ4n) is 2.05. The summed E-state index contributed by atoms with van der Waals surface area (Å²) in [6, 6.07) is 7.67. The van der Waals surface area contributed by atoms with Crippen LogP contribution in [0, 0.1) is 13.8 Å². The normalized spacial score (nSPS) is 10.3. The second-order valence-electron chi connectivity index (χ2n) is 5.07. The largest absolute Gasteiger partial charge is 0.393 e. The van der Waals surface area contributed by atoms with Gasteiger partial charge in [-0.15, -0.1) is 0 Å². The standard InChI is InChI=1S/C16H17N7/c1-10-5-3-7-18-13(10)22-15-12(17)16(21-9-20-15)23-14-11(2)6-4-8-19-14/h3-9H,17H2,1-2H3,(H2,18,19,20,21,22,23). The summed E-state index contributed by atoms with van der Waals surface area (Å²) in [6.07, 6.45) is 4.86. The Bertz CT molecular complexity index is 766. The number of nitrogens with two attached hydrogens (primary N) is 1. The van der Waals surface area contributed by atoms with Crippen molar-refractivity contribution in [1.82, 2.24) is 19.9 Å². The van der Waals surface area contributed by atoms with Gasteiger partial charge >= 0.3 is 0 Å². The van der Waals surface area contributed by atoms with Gasteiger partial charge in [0.05, 0.1) is 0 Å². The van der Waals surface area contributed by atoms with Gasteiger partial charge < -0.3 is 16.4 Å². The van der Waals surface area contributed by atoms with E-state index in [4.69, 9.17) is 5.73 Å². The Kier molecular flexibility index (Phi) is 4.01. The van der Waals surface area contributed by atoms with Crippen LogP contribution in [0.25, 0.3) is 0 Å². The minimum absolute atomic E-state index is 0.405. The summed E-state index contributed by atoms with van der Waals surface area (Å²) in [6.45, 7) is 3.92. The van der Waals surface area contributed by atoms with Crippen LogP contribution < -0.4 is 16.4 Å². The lowest BCUT2D eigenvalue weighted by Gasteiger charge is -2.13. The predicted octanol–water partition coefficient (Wildman–Crippen LogP) is 2.95. The Labute approximate surface area is 134 Å². The van der Waals surface area contributed by atoms with Crippen LogP contribution in [0.2, 0.25) is 0 Å². The molecule has 0 radical (unpaired) electrons. The average molecular weight is 307 g/mol. The predicted molar refractivity (Wildman–Crippen MR) is 91.0 cm³/mol. The van der Waals surface area contributed by atoms with E-state index in [2.05, 4.69) is 30.6 Å². The van der Waals surface area contributed by atoms with Gasteiger partial charge in [0.25, 0.3) is 0 Å². The number of rotatable bonds is 4. The van der Waals surface area contributed by atoms with Gasteiger partial charge in [-0.05, 0) is 37.1 Å². The molecule has 0 aliphatic rings. The molecule has 0 unspecified atom stereocenters.